The minimum absolute atomic E-state index is 0.00618. The maximum atomic E-state index is 13.5. The number of H-pyrrole nitrogens is 1. The van der Waals surface area contributed by atoms with Gasteiger partial charge < -0.3 is 29.6 Å². The van der Waals surface area contributed by atoms with E-state index in [2.05, 4.69) is 29.4 Å². The first-order valence-corrected chi connectivity index (χ1v) is 16.4. The Morgan fingerprint density at radius 1 is 1.12 bits per heavy atom. The van der Waals surface area contributed by atoms with Crippen molar-refractivity contribution in [3.63, 3.8) is 0 Å². The molecule has 0 bridgehead atoms. The first-order chi connectivity index (χ1) is 22.8. The molecular weight excluding hydrogens is 623 g/mol. The third-order valence-corrected chi connectivity index (χ3v) is 9.55. The minimum Gasteiger partial charge on any atom is -0.359 e. The molecule has 6 unspecified atom stereocenters. The number of nitrogens with one attached hydrogen (secondary N) is 2. The number of rotatable bonds is 7. The zero-order valence-electron chi connectivity index (χ0n) is 28.6. The molecule has 2 saturated heterocycles. The molecule has 2 aliphatic heterocycles. The van der Waals surface area contributed by atoms with Gasteiger partial charge in [-0.3, -0.25) is 14.5 Å². The molecular formula is C36H48F3N5O4. The van der Waals surface area contributed by atoms with E-state index in [1.807, 2.05) is 55.2 Å². The number of alkyl halides is 3. The summed E-state index contributed by atoms with van der Waals surface area (Å²) in [5, 5.41) is 3.39. The Morgan fingerprint density at radius 3 is 2.40 bits per heavy atom. The SMILES string of the molecule is CC(C=O)OC(C1CCCN1C=O)N(C)C.CNC(=O)C1CC2c3cccc4[nH]c(C(F)(F)F)c(c34)CC2N(C)C1.Cc1ccccc1. The maximum Gasteiger partial charge on any atom is 0.431 e. The van der Waals surface area contributed by atoms with Crippen LogP contribution in [0.15, 0.2) is 48.5 Å². The molecule has 9 nitrogen and oxygen atoms in total. The van der Waals surface area contributed by atoms with E-state index in [9.17, 15) is 27.6 Å². The Morgan fingerprint density at radius 2 is 1.83 bits per heavy atom. The van der Waals surface area contributed by atoms with Crippen LogP contribution in [-0.4, -0.2) is 104 Å². The summed E-state index contributed by atoms with van der Waals surface area (Å²) in [6.07, 6.45) is -0.474. The number of aldehydes is 1. The fourth-order valence-corrected chi connectivity index (χ4v) is 7.26. The lowest BCUT2D eigenvalue weighted by molar-refractivity contribution is -0.142. The third kappa shape index (κ3) is 8.45. The zero-order valence-corrected chi connectivity index (χ0v) is 28.6. The van der Waals surface area contributed by atoms with Crippen molar-refractivity contribution in [2.24, 2.45) is 5.92 Å². The summed E-state index contributed by atoms with van der Waals surface area (Å²) in [5.41, 5.74) is 2.52. The van der Waals surface area contributed by atoms with Crippen molar-refractivity contribution in [2.45, 2.75) is 76.0 Å². The van der Waals surface area contributed by atoms with Gasteiger partial charge in [-0.15, -0.1) is 0 Å². The molecule has 0 spiro atoms. The highest BCUT2D eigenvalue weighted by atomic mass is 19.4. The molecule has 1 aromatic heterocycles. The van der Waals surface area contributed by atoms with Crippen LogP contribution in [0.4, 0.5) is 13.2 Å². The Bertz CT molecular complexity index is 1530. The van der Waals surface area contributed by atoms with Crippen molar-refractivity contribution in [1.82, 2.24) is 25.0 Å². The van der Waals surface area contributed by atoms with Gasteiger partial charge in [-0.2, -0.15) is 13.2 Å². The van der Waals surface area contributed by atoms with Gasteiger partial charge in [0.25, 0.3) is 0 Å². The lowest BCUT2D eigenvalue weighted by Crippen LogP contribution is -2.51. The quantitative estimate of drug-likeness (QED) is 0.272. The second-order valence-corrected chi connectivity index (χ2v) is 13.1. The lowest BCUT2D eigenvalue weighted by atomic mass is 9.72. The number of nitrogens with zero attached hydrogens (tertiary/aromatic N) is 3. The van der Waals surface area contributed by atoms with E-state index in [0.717, 1.165) is 37.6 Å². The van der Waals surface area contributed by atoms with E-state index in [1.54, 1.807) is 31.0 Å². The van der Waals surface area contributed by atoms with Gasteiger partial charge in [0.05, 0.1) is 12.0 Å². The summed E-state index contributed by atoms with van der Waals surface area (Å²) in [6, 6.07) is 15.7. The number of carbonyl (C=O) groups is 3. The number of likely N-dealkylation sites (N-methyl/N-ethyl adjacent to an activating group) is 2. The molecule has 6 atom stereocenters. The number of hydrogen-bond donors (Lipinski definition) is 2. The Hall–Kier alpha value is -3.74. The molecule has 0 saturated carbocycles. The van der Waals surface area contributed by atoms with Gasteiger partial charge in [0.1, 0.15) is 24.3 Å². The average Bonchev–Trinajstić information content (AvgIpc) is 3.70. The highest BCUT2D eigenvalue weighted by molar-refractivity contribution is 5.90. The van der Waals surface area contributed by atoms with Crippen molar-refractivity contribution in [1.29, 1.82) is 0 Å². The number of halogens is 3. The molecule has 2 aromatic carbocycles. The van der Waals surface area contributed by atoms with E-state index < -0.39 is 18.0 Å². The van der Waals surface area contributed by atoms with Crippen LogP contribution < -0.4 is 5.32 Å². The van der Waals surface area contributed by atoms with E-state index in [0.29, 0.717) is 35.9 Å². The van der Waals surface area contributed by atoms with Gasteiger partial charge in [0.15, 0.2) is 0 Å². The molecule has 2 N–H and O–H groups in total. The molecule has 3 aromatic rings. The highest BCUT2D eigenvalue weighted by Gasteiger charge is 2.45. The van der Waals surface area contributed by atoms with Crippen LogP contribution in [0.25, 0.3) is 10.9 Å². The Balaban J connectivity index is 0.000000193. The summed E-state index contributed by atoms with van der Waals surface area (Å²) < 4.78 is 46.0. The van der Waals surface area contributed by atoms with Gasteiger partial charge in [-0.05, 0) is 77.9 Å². The van der Waals surface area contributed by atoms with Crippen LogP contribution in [0.2, 0.25) is 0 Å². The van der Waals surface area contributed by atoms with Crippen LogP contribution in [0.1, 0.15) is 54.5 Å². The van der Waals surface area contributed by atoms with Crippen molar-refractivity contribution in [2.75, 3.05) is 41.3 Å². The molecule has 262 valence electrons. The highest BCUT2D eigenvalue weighted by Crippen LogP contribution is 2.47. The number of piperidine rings is 1. The van der Waals surface area contributed by atoms with E-state index in [4.69, 9.17) is 4.74 Å². The number of ether oxygens (including phenoxy) is 1. The fourth-order valence-electron chi connectivity index (χ4n) is 7.26. The number of aryl methyl sites for hydroxylation is 1. The van der Waals surface area contributed by atoms with Gasteiger partial charge in [-0.25, -0.2) is 0 Å². The van der Waals surface area contributed by atoms with Crippen molar-refractivity contribution in [3.8, 4) is 0 Å². The maximum absolute atomic E-state index is 13.5. The van der Waals surface area contributed by atoms with Crippen LogP contribution in [0.5, 0.6) is 0 Å². The summed E-state index contributed by atoms with van der Waals surface area (Å²) >= 11 is 0. The summed E-state index contributed by atoms with van der Waals surface area (Å²) in [7, 11) is 7.31. The zero-order chi connectivity index (χ0) is 35.2. The van der Waals surface area contributed by atoms with Gasteiger partial charge >= 0.3 is 6.18 Å². The van der Waals surface area contributed by atoms with Crippen molar-refractivity contribution < 1.29 is 32.3 Å². The standard InChI is InChI=1S/C18H20F3N3O.C11H20N2O3.C7H8/c1-22-17(25)9-6-11-10-4-3-5-13-15(10)12(7-14(11)24(2)8-9)16(23-13)18(19,20)21;1-9(7-14)16-11(12(2)3)10-5-4-6-13(10)8-15;1-7-5-3-2-4-6-7/h3-5,9,11,14,23H,6-8H2,1-2H3,(H,22,25);7-11H,4-6H2,1-3H3;2-6H,1H3. The molecule has 3 aliphatic rings. The van der Waals surface area contributed by atoms with Crippen molar-refractivity contribution in [3.05, 3.63) is 70.9 Å². The molecule has 48 heavy (non-hydrogen) atoms. The molecule has 1 aliphatic carbocycles. The number of amides is 2. The number of likely N-dealkylation sites (tertiary alicyclic amines) is 2. The second-order valence-electron chi connectivity index (χ2n) is 13.1. The molecule has 2 amide bonds. The third-order valence-electron chi connectivity index (χ3n) is 9.55. The minimum atomic E-state index is -4.39. The normalized spacial score (nSPS) is 23.2. The monoisotopic (exact) mass is 671 g/mol. The van der Waals surface area contributed by atoms with Crippen LogP contribution in [-0.2, 0) is 31.7 Å². The van der Waals surface area contributed by atoms with Crippen molar-refractivity contribution >= 4 is 29.5 Å². The topological polar surface area (TPSA) is 98.0 Å². The number of benzene rings is 2. The van der Waals surface area contributed by atoms with Crippen LogP contribution >= 0.6 is 0 Å². The molecule has 0 radical (unpaired) electrons. The summed E-state index contributed by atoms with van der Waals surface area (Å²) in [6.45, 7) is 5.14. The molecule has 12 heteroatoms. The Labute approximate surface area is 280 Å². The van der Waals surface area contributed by atoms with Crippen LogP contribution in [0, 0.1) is 12.8 Å². The number of hydrogen-bond acceptors (Lipinski definition) is 6. The largest absolute Gasteiger partial charge is 0.431 e. The average molecular weight is 672 g/mol. The van der Waals surface area contributed by atoms with Crippen LogP contribution in [0.3, 0.4) is 0 Å². The predicted octanol–water partition coefficient (Wildman–Crippen LogP) is 4.99. The smallest absolute Gasteiger partial charge is 0.359 e. The molecule has 2 fully saturated rings. The lowest BCUT2D eigenvalue weighted by Gasteiger charge is -2.45. The Kier molecular flexibility index (Phi) is 12.4. The van der Waals surface area contributed by atoms with Gasteiger partial charge in [-0.1, -0.05) is 48.0 Å². The molecule has 3 heterocycles. The fraction of sp³-hybridized carbons (Fsp3) is 0.528. The van der Waals surface area contributed by atoms with E-state index >= 15 is 0 Å². The summed E-state index contributed by atoms with van der Waals surface area (Å²) in [5.74, 6) is -0.0865. The van der Waals surface area contributed by atoms with E-state index in [-0.39, 0.29) is 36.1 Å². The number of aromatic nitrogens is 1. The number of carbonyl (C=O) groups excluding carboxylic acids is 3. The van der Waals surface area contributed by atoms with E-state index in [1.165, 1.54) is 5.56 Å². The first-order valence-electron chi connectivity index (χ1n) is 16.4. The number of aromatic amines is 1. The van der Waals surface area contributed by atoms with Gasteiger partial charge in [0, 0.05) is 43.0 Å². The van der Waals surface area contributed by atoms with Gasteiger partial charge in [0.2, 0.25) is 12.3 Å². The molecule has 6 rings (SSSR count). The second kappa shape index (κ2) is 16.1. The number of fused-ring (bicyclic) bond motifs is 2. The predicted molar refractivity (Wildman–Crippen MR) is 179 cm³/mol. The summed E-state index contributed by atoms with van der Waals surface area (Å²) in [4.78, 5) is 41.9. The first kappa shape index (κ1) is 37.1.